The van der Waals surface area contributed by atoms with Crippen LogP contribution in [0.25, 0.3) is 0 Å². The van der Waals surface area contributed by atoms with Gasteiger partial charge >= 0.3 is 0 Å². The van der Waals surface area contributed by atoms with E-state index in [1.165, 1.54) is 31.4 Å². The molecule has 14 heavy (non-hydrogen) atoms. The molecule has 0 aromatic carbocycles. The van der Waals surface area contributed by atoms with Crippen LogP contribution in [0.4, 0.5) is 5.69 Å². The van der Waals surface area contributed by atoms with Crippen molar-refractivity contribution in [3.8, 4) is 0 Å². The fourth-order valence-corrected chi connectivity index (χ4v) is 2.15. The van der Waals surface area contributed by atoms with E-state index in [9.17, 15) is 0 Å². The predicted octanol–water partition coefficient (Wildman–Crippen LogP) is 1.82. The van der Waals surface area contributed by atoms with Gasteiger partial charge in [-0.3, -0.25) is 9.88 Å². The van der Waals surface area contributed by atoms with Crippen LogP contribution in [0.5, 0.6) is 0 Å². The van der Waals surface area contributed by atoms with Gasteiger partial charge in [0.05, 0.1) is 5.69 Å². The van der Waals surface area contributed by atoms with E-state index in [2.05, 4.69) is 16.9 Å². The zero-order chi connectivity index (χ0) is 9.97. The van der Waals surface area contributed by atoms with Crippen molar-refractivity contribution in [3.63, 3.8) is 0 Å². The molecule has 1 aliphatic rings. The molecule has 2 N–H and O–H groups in total. The molecule has 1 saturated heterocycles. The standard InChI is InChI=1S/C11H17N3/c1-14-5-3-2-4-11(14)9-6-10(12)8-13-7-9/h6-8,11H,2-5,12H2,1H3. The van der Waals surface area contributed by atoms with Crippen LogP contribution < -0.4 is 5.73 Å². The predicted molar refractivity (Wildman–Crippen MR) is 57.9 cm³/mol. The SMILES string of the molecule is CN1CCCCC1c1cncc(N)c1. The molecule has 3 nitrogen and oxygen atoms in total. The molecule has 0 bridgehead atoms. The summed E-state index contributed by atoms with van der Waals surface area (Å²) in [6, 6.07) is 2.55. The van der Waals surface area contributed by atoms with Crippen LogP contribution in [0, 0.1) is 0 Å². The lowest BCUT2D eigenvalue weighted by Crippen LogP contribution is -2.29. The number of hydrogen-bond donors (Lipinski definition) is 1. The molecular formula is C11H17N3. The molecule has 1 aliphatic heterocycles. The highest BCUT2D eigenvalue weighted by molar-refractivity contribution is 5.38. The second-order valence-electron chi connectivity index (χ2n) is 4.04. The lowest BCUT2D eigenvalue weighted by atomic mass is 9.97. The summed E-state index contributed by atoms with van der Waals surface area (Å²) in [4.78, 5) is 6.53. The number of hydrogen-bond acceptors (Lipinski definition) is 3. The molecule has 1 atom stereocenters. The zero-order valence-corrected chi connectivity index (χ0v) is 8.61. The van der Waals surface area contributed by atoms with Crippen LogP contribution in [0.15, 0.2) is 18.5 Å². The molecule has 1 fully saturated rings. The molecule has 0 spiro atoms. The van der Waals surface area contributed by atoms with E-state index in [-0.39, 0.29) is 0 Å². The van der Waals surface area contributed by atoms with Crippen molar-refractivity contribution in [2.45, 2.75) is 25.3 Å². The van der Waals surface area contributed by atoms with Gasteiger partial charge < -0.3 is 5.73 Å². The normalized spacial score (nSPS) is 23.6. The summed E-state index contributed by atoms with van der Waals surface area (Å²) in [5, 5.41) is 0. The Kier molecular flexibility index (Phi) is 2.68. The number of aromatic nitrogens is 1. The molecule has 0 saturated carbocycles. The molecule has 2 heterocycles. The number of anilines is 1. The number of nitrogens with two attached hydrogens (primary N) is 1. The minimum Gasteiger partial charge on any atom is -0.397 e. The van der Waals surface area contributed by atoms with E-state index in [0.717, 1.165) is 5.69 Å². The van der Waals surface area contributed by atoms with E-state index < -0.39 is 0 Å². The average molecular weight is 191 g/mol. The number of nitrogens with zero attached hydrogens (tertiary/aromatic N) is 2. The number of piperidine rings is 1. The van der Waals surface area contributed by atoms with Crippen molar-refractivity contribution >= 4 is 5.69 Å². The van der Waals surface area contributed by atoms with Gasteiger partial charge in [0.15, 0.2) is 0 Å². The summed E-state index contributed by atoms with van der Waals surface area (Å²) in [5.74, 6) is 0. The van der Waals surface area contributed by atoms with Crippen molar-refractivity contribution in [1.29, 1.82) is 0 Å². The Bertz CT molecular complexity index is 311. The Morgan fingerprint density at radius 3 is 3.00 bits per heavy atom. The Labute approximate surface area is 84.9 Å². The summed E-state index contributed by atoms with van der Waals surface area (Å²) in [5.41, 5.74) is 7.75. The maximum atomic E-state index is 5.73. The number of pyridine rings is 1. The zero-order valence-electron chi connectivity index (χ0n) is 8.61. The van der Waals surface area contributed by atoms with Crippen molar-refractivity contribution < 1.29 is 0 Å². The van der Waals surface area contributed by atoms with Crippen LogP contribution in [-0.4, -0.2) is 23.5 Å². The molecule has 1 unspecified atom stereocenters. The first kappa shape index (κ1) is 9.46. The van der Waals surface area contributed by atoms with Crippen LogP contribution in [0.2, 0.25) is 0 Å². The van der Waals surface area contributed by atoms with E-state index in [1.54, 1.807) is 6.20 Å². The average Bonchev–Trinajstić information content (AvgIpc) is 2.18. The van der Waals surface area contributed by atoms with Gasteiger partial charge in [-0.15, -0.1) is 0 Å². The van der Waals surface area contributed by atoms with Crippen molar-refractivity contribution in [3.05, 3.63) is 24.0 Å². The highest BCUT2D eigenvalue weighted by Gasteiger charge is 2.20. The smallest absolute Gasteiger partial charge is 0.0503 e. The van der Waals surface area contributed by atoms with Crippen LogP contribution in [-0.2, 0) is 0 Å². The van der Waals surface area contributed by atoms with Gasteiger partial charge in [-0.05, 0) is 38.1 Å². The Morgan fingerprint density at radius 2 is 2.29 bits per heavy atom. The number of likely N-dealkylation sites (tertiary alicyclic amines) is 1. The van der Waals surface area contributed by atoms with Gasteiger partial charge in [0.25, 0.3) is 0 Å². The topological polar surface area (TPSA) is 42.2 Å². The van der Waals surface area contributed by atoms with E-state index >= 15 is 0 Å². The Morgan fingerprint density at radius 1 is 1.43 bits per heavy atom. The summed E-state index contributed by atoms with van der Waals surface area (Å²) in [6.45, 7) is 1.18. The highest BCUT2D eigenvalue weighted by atomic mass is 15.1. The van der Waals surface area contributed by atoms with Crippen LogP contribution in [0.1, 0.15) is 30.9 Å². The van der Waals surface area contributed by atoms with Gasteiger partial charge in [-0.1, -0.05) is 6.42 Å². The first-order valence-corrected chi connectivity index (χ1v) is 5.18. The lowest BCUT2D eigenvalue weighted by molar-refractivity contribution is 0.187. The fourth-order valence-electron chi connectivity index (χ4n) is 2.15. The number of rotatable bonds is 1. The minimum atomic E-state index is 0.514. The van der Waals surface area contributed by atoms with Gasteiger partial charge in [-0.2, -0.15) is 0 Å². The maximum Gasteiger partial charge on any atom is 0.0503 e. The first-order valence-electron chi connectivity index (χ1n) is 5.18. The molecule has 3 heteroatoms. The van der Waals surface area contributed by atoms with Gasteiger partial charge in [0.1, 0.15) is 0 Å². The molecule has 1 aromatic rings. The summed E-state index contributed by atoms with van der Waals surface area (Å²) in [7, 11) is 2.17. The number of nitrogen functional groups attached to an aromatic ring is 1. The lowest BCUT2D eigenvalue weighted by Gasteiger charge is -2.32. The van der Waals surface area contributed by atoms with E-state index in [0.29, 0.717) is 6.04 Å². The van der Waals surface area contributed by atoms with Crippen molar-refractivity contribution in [1.82, 2.24) is 9.88 Å². The second kappa shape index (κ2) is 3.96. The van der Waals surface area contributed by atoms with Gasteiger partial charge in [0, 0.05) is 18.4 Å². The van der Waals surface area contributed by atoms with E-state index in [4.69, 9.17) is 5.73 Å². The summed E-state index contributed by atoms with van der Waals surface area (Å²) < 4.78 is 0. The quantitative estimate of drug-likeness (QED) is 0.736. The third-order valence-electron chi connectivity index (χ3n) is 2.94. The van der Waals surface area contributed by atoms with Gasteiger partial charge in [-0.25, -0.2) is 0 Å². The van der Waals surface area contributed by atoms with Crippen molar-refractivity contribution in [2.24, 2.45) is 0 Å². The molecule has 0 aliphatic carbocycles. The molecule has 76 valence electrons. The third kappa shape index (κ3) is 1.87. The summed E-state index contributed by atoms with van der Waals surface area (Å²) in [6.07, 6.45) is 7.48. The molecular weight excluding hydrogens is 174 g/mol. The fraction of sp³-hybridized carbons (Fsp3) is 0.545. The van der Waals surface area contributed by atoms with Crippen LogP contribution >= 0.6 is 0 Å². The molecule has 0 amide bonds. The summed E-state index contributed by atoms with van der Waals surface area (Å²) >= 11 is 0. The second-order valence-corrected chi connectivity index (χ2v) is 4.04. The Balaban J connectivity index is 2.20. The highest BCUT2D eigenvalue weighted by Crippen LogP contribution is 2.29. The van der Waals surface area contributed by atoms with Gasteiger partial charge in [0.2, 0.25) is 0 Å². The monoisotopic (exact) mass is 191 g/mol. The maximum absolute atomic E-state index is 5.73. The minimum absolute atomic E-state index is 0.514. The first-order chi connectivity index (χ1) is 6.77. The van der Waals surface area contributed by atoms with E-state index in [1.807, 2.05) is 12.3 Å². The third-order valence-corrected chi connectivity index (χ3v) is 2.94. The van der Waals surface area contributed by atoms with Crippen LogP contribution in [0.3, 0.4) is 0 Å². The largest absolute Gasteiger partial charge is 0.397 e. The molecule has 1 aromatic heterocycles. The molecule has 0 radical (unpaired) electrons. The molecule has 2 rings (SSSR count). The van der Waals surface area contributed by atoms with Crippen molar-refractivity contribution in [2.75, 3.05) is 19.3 Å². The Hall–Kier alpha value is -1.09.